The number of hydrogen-bond donors (Lipinski definition) is 2. The second-order valence-corrected chi connectivity index (χ2v) is 3.05. The number of aliphatic hydroxyl groups is 2. The van der Waals surface area contributed by atoms with Crippen LogP contribution in [-0.4, -0.2) is 48.3 Å². The van der Waals surface area contributed by atoms with Crippen LogP contribution >= 0.6 is 11.6 Å². The highest BCUT2D eigenvalue weighted by Crippen LogP contribution is 2.41. The molecule has 14 heavy (non-hydrogen) atoms. The number of aliphatic hydroxyl groups excluding tert-OH is 2. The van der Waals surface area contributed by atoms with E-state index in [2.05, 4.69) is 4.74 Å². The summed E-state index contributed by atoms with van der Waals surface area (Å²) in [5.74, 6) is -1.70. The van der Waals surface area contributed by atoms with E-state index in [1.807, 2.05) is 0 Å². The number of hydrogen-bond acceptors (Lipinski definition) is 3. The molecule has 0 spiro atoms. The van der Waals surface area contributed by atoms with Gasteiger partial charge in [-0.05, 0) is 17.5 Å². The third kappa shape index (κ3) is 1.50. The molecule has 0 aromatic carbocycles. The summed E-state index contributed by atoms with van der Waals surface area (Å²) in [6, 6.07) is 0. The Morgan fingerprint density at radius 1 is 1.57 bits per heavy atom. The molecule has 1 saturated heterocycles. The lowest BCUT2D eigenvalue weighted by Crippen LogP contribution is -2.50. The average Bonchev–Trinajstić information content (AvgIpc) is 2.27. The predicted octanol–water partition coefficient (Wildman–Crippen LogP) is -0.562. The van der Waals surface area contributed by atoms with Crippen molar-refractivity contribution in [1.82, 2.24) is 0 Å². The van der Waals surface area contributed by atoms with Crippen LogP contribution in [0.2, 0.25) is 0 Å². The molecule has 1 rings (SSSR count). The Labute approximate surface area is 85.4 Å². The highest BCUT2D eigenvalue weighted by atomic mass is 35.5. The average molecular weight is 222 g/mol. The quantitative estimate of drug-likeness (QED) is 0.462. The van der Waals surface area contributed by atoms with Gasteiger partial charge in [-0.2, -0.15) is 0 Å². The maximum absolute atomic E-state index is 13.7. The summed E-state index contributed by atoms with van der Waals surface area (Å²) in [6.45, 7) is -0.778. The molecule has 0 amide bonds. The zero-order valence-electron chi connectivity index (χ0n) is 6.88. The molecule has 2 radical (unpaired) electrons. The van der Waals surface area contributed by atoms with Gasteiger partial charge in [0.25, 0.3) is 0 Å². The first-order valence-electron chi connectivity index (χ1n) is 3.65. The molecule has 3 nitrogen and oxygen atoms in total. The SMILES string of the molecule is [B][C@]1(F)O[C@H](CO)C(O)C1(F)C#CCl. The number of rotatable bonds is 1. The summed E-state index contributed by atoms with van der Waals surface area (Å²) < 4.78 is 31.2. The van der Waals surface area contributed by atoms with Crippen molar-refractivity contribution in [1.29, 1.82) is 0 Å². The van der Waals surface area contributed by atoms with Crippen LogP contribution in [-0.2, 0) is 4.74 Å². The first kappa shape index (κ1) is 11.7. The number of alkyl halides is 2. The minimum atomic E-state index is -3.29. The van der Waals surface area contributed by atoms with Gasteiger partial charge in [0.2, 0.25) is 11.4 Å². The lowest BCUT2D eigenvalue weighted by atomic mass is 9.80. The van der Waals surface area contributed by atoms with Crippen LogP contribution in [0.25, 0.3) is 0 Å². The van der Waals surface area contributed by atoms with Gasteiger partial charge in [0.05, 0.1) is 6.61 Å². The molecule has 7 heteroatoms. The second-order valence-electron chi connectivity index (χ2n) is 2.86. The van der Waals surface area contributed by atoms with Gasteiger partial charge in [0, 0.05) is 5.38 Å². The molecule has 1 aliphatic heterocycles. The molecule has 76 valence electrons. The van der Waals surface area contributed by atoms with E-state index in [4.69, 9.17) is 24.6 Å². The Balaban J connectivity index is 3.07. The Morgan fingerprint density at radius 2 is 2.14 bits per heavy atom. The van der Waals surface area contributed by atoms with Gasteiger partial charge in [0.15, 0.2) is 7.85 Å². The first-order valence-corrected chi connectivity index (χ1v) is 4.03. The summed E-state index contributed by atoms with van der Waals surface area (Å²) in [6.07, 6.45) is -3.46. The van der Waals surface area contributed by atoms with E-state index < -0.39 is 30.2 Å². The van der Waals surface area contributed by atoms with Crippen molar-refractivity contribution in [3.8, 4) is 11.3 Å². The van der Waals surface area contributed by atoms with E-state index in [-0.39, 0.29) is 0 Å². The zero-order valence-corrected chi connectivity index (χ0v) is 7.63. The van der Waals surface area contributed by atoms with Crippen LogP contribution in [0.3, 0.4) is 0 Å². The highest BCUT2D eigenvalue weighted by molar-refractivity contribution is 6.30. The molecule has 0 saturated carbocycles. The number of halogens is 3. The van der Waals surface area contributed by atoms with Crippen LogP contribution in [0.5, 0.6) is 0 Å². The summed E-state index contributed by atoms with van der Waals surface area (Å²) in [7, 11) is 4.80. The van der Waals surface area contributed by atoms with Crippen molar-refractivity contribution < 1.29 is 23.7 Å². The van der Waals surface area contributed by atoms with Gasteiger partial charge in [-0.1, -0.05) is 0 Å². The molecule has 0 bridgehead atoms. The van der Waals surface area contributed by atoms with E-state index >= 15 is 0 Å². The van der Waals surface area contributed by atoms with E-state index in [0.717, 1.165) is 0 Å². The largest absolute Gasteiger partial charge is 0.394 e. The van der Waals surface area contributed by atoms with Crippen LogP contribution in [0.1, 0.15) is 0 Å². The molecular weight excluding hydrogens is 216 g/mol. The molecule has 0 aromatic rings. The molecule has 2 N–H and O–H groups in total. The summed E-state index contributed by atoms with van der Waals surface area (Å²) in [4.78, 5) is 0. The van der Waals surface area contributed by atoms with Crippen LogP contribution in [0.15, 0.2) is 0 Å². The van der Waals surface area contributed by atoms with Crippen LogP contribution in [0, 0.1) is 11.3 Å². The highest BCUT2D eigenvalue weighted by Gasteiger charge is 2.64. The molecule has 1 heterocycles. The maximum atomic E-state index is 13.7. The number of ether oxygens (including phenoxy) is 1. The van der Waals surface area contributed by atoms with E-state index in [9.17, 15) is 13.9 Å². The van der Waals surface area contributed by atoms with Crippen molar-refractivity contribution in [3.63, 3.8) is 0 Å². The molecule has 2 unspecified atom stereocenters. The van der Waals surface area contributed by atoms with Crippen molar-refractivity contribution in [2.45, 2.75) is 23.6 Å². The Kier molecular flexibility index (Phi) is 3.07. The zero-order chi connectivity index (χ0) is 11.0. The standard InChI is InChI=1S/C7H6BClF2O3/c8-7(11)6(10,1-2-9)5(13)4(3-12)14-7/h4-5,12-13H,3H2/t4-,5?,6?,7-/m1/s1. The summed E-state index contributed by atoms with van der Waals surface area (Å²) in [5.41, 5.74) is -3.14. The maximum Gasteiger partial charge on any atom is 0.248 e. The lowest BCUT2D eigenvalue weighted by Gasteiger charge is -2.25. The molecule has 4 atom stereocenters. The van der Waals surface area contributed by atoms with Gasteiger partial charge in [-0.3, -0.25) is 0 Å². The van der Waals surface area contributed by atoms with Gasteiger partial charge in [-0.25, -0.2) is 8.78 Å². The molecule has 0 aromatic heterocycles. The Morgan fingerprint density at radius 3 is 2.50 bits per heavy atom. The van der Waals surface area contributed by atoms with Gasteiger partial charge in [-0.15, -0.1) is 0 Å². The minimum absolute atomic E-state index is 0.778. The van der Waals surface area contributed by atoms with Gasteiger partial charge >= 0.3 is 0 Å². The fraction of sp³-hybridized carbons (Fsp3) is 0.714. The normalized spacial score (nSPS) is 47.2. The first-order chi connectivity index (χ1) is 6.39. The van der Waals surface area contributed by atoms with Crippen molar-refractivity contribution in [2.75, 3.05) is 6.61 Å². The third-order valence-corrected chi connectivity index (χ3v) is 2.08. The van der Waals surface area contributed by atoms with E-state index in [0.29, 0.717) is 0 Å². The minimum Gasteiger partial charge on any atom is -0.394 e. The summed E-state index contributed by atoms with van der Waals surface area (Å²) in [5, 5.41) is 19.4. The van der Waals surface area contributed by atoms with Crippen molar-refractivity contribution in [3.05, 3.63) is 0 Å². The smallest absolute Gasteiger partial charge is 0.248 e. The Hall–Kier alpha value is -0.345. The monoisotopic (exact) mass is 222 g/mol. The molecule has 1 aliphatic rings. The molecule has 0 aliphatic carbocycles. The molecule has 1 fully saturated rings. The second kappa shape index (κ2) is 3.67. The lowest BCUT2D eigenvalue weighted by molar-refractivity contribution is -0.118. The fourth-order valence-corrected chi connectivity index (χ4v) is 1.33. The fourth-order valence-electron chi connectivity index (χ4n) is 1.19. The van der Waals surface area contributed by atoms with Crippen molar-refractivity contribution >= 4 is 19.4 Å². The van der Waals surface area contributed by atoms with Crippen LogP contribution in [0.4, 0.5) is 8.78 Å². The van der Waals surface area contributed by atoms with Crippen molar-refractivity contribution in [2.24, 2.45) is 0 Å². The van der Waals surface area contributed by atoms with Gasteiger partial charge < -0.3 is 14.9 Å². The van der Waals surface area contributed by atoms with Crippen LogP contribution < -0.4 is 0 Å². The van der Waals surface area contributed by atoms with Gasteiger partial charge in [0.1, 0.15) is 12.2 Å². The summed E-state index contributed by atoms with van der Waals surface area (Å²) >= 11 is 4.90. The Bertz CT molecular complexity index is 290. The van der Waals surface area contributed by atoms with E-state index in [1.165, 1.54) is 0 Å². The molecular formula is C7H6BClF2O3. The van der Waals surface area contributed by atoms with E-state index in [1.54, 1.807) is 11.3 Å². The third-order valence-electron chi connectivity index (χ3n) is 1.99. The predicted molar refractivity (Wildman–Crippen MR) is 45.0 cm³/mol. The topological polar surface area (TPSA) is 49.7 Å².